The van der Waals surface area contributed by atoms with Crippen molar-refractivity contribution in [1.29, 1.82) is 0 Å². The molecule has 0 unspecified atom stereocenters. The van der Waals surface area contributed by atoms with Crippen LogP contribution in [0.2, 0.25) is 0 Å². The molecule has 0 amide bonds. The highest BCUT2D eigenvalue weighted by atomic mass is 16.5. The van der Waals surface area contributed by atoms with Gasteiger partial charge in [0.25, 0.3) is 0 Å². The summed E-state index contributed by atoms with van der Waals surface area (Å²) < 4.78 is 10.1. The Labute approximate surface area is 120 Å². The normalized spacial score (nSPS) is 11.2. The van der Waals surface area contributed by atoms with Gasteiger partial charge >= 0.3 is 5.97 Å². The van der Waals surface area contributed by atoms with Crippen LogP contribution in [-0.4, -0.2) is 37.8 Å². The third-order valence-corrected chi connectivity index (χ3v) is 3.02. The lowest BCUT2D eigenvalue weighted by Crippen LogP contribution is -2.26. The van der Waals surface area contributed by atoms with Gasteiger partial charge < -0.3 is 14.8 Å². The molecule has 1 aromatic rings. The monoisotopic (exact) mass is 280 g/mol. The summed E-state index contributed by atoms with van der Waals surface area (Å²) in [6.45, 7) is 7.85. The number of ether oxygens (including phenoxy) is 2. The van der Waals surface area contributed by atoms with Crippen molar-refractivity contribution < 1.29 is 14.3 Å². The number of anilines is 1. The molecule has 1 N–H and O–H groups in total. The maximum Gasteiger partial charge on any atom is 0.341 e. The summed E-state index contributed by atoms with van der Waals surface area (Å²) in [7, 11) is 1.70. The molecule has 0 saturated heterocycles. The molecule has 0 aliphatic heterocycles. The molecule has 0 aliphatic carbocycles. The topological polar surface area (TPSA) is 60.5 Å². The minimum atomic E-state index is -0.349. The van der Waals surface area contributed by atoms with Crippen molar-refractivity contribution in [3.05, 3.63) is 23.9 Å². The van der Waals surface area contributed by atoms with Gasteiger partial charge in [-0.3, -0.25) is 0 Å². The average Bonchev–Trinajstić information content (AvgIpc) is 2.44. The summed E-state index contributed by atoms with van der Waals surface area (Å²) in [5.74, 6) is 0.217. The predicted molar refractivity (Wildman–Crippen MR) is 79.0 cm³/mol. The quantitative estimate of drug-likeness (QED) is 0.742. The van der Waals surface area contributed by atoms with Crippen LogP contribution < -0.4 is 5.32 Å². The molecule has 0 aromatic carbocycles. The number of hydrogen-bond acceptors (Lipinski definition) is 5. The van der Waals surface area contributed by atoms with Gasteiger partial charge in [0, 0.05) is 26.5 Å². The highest BCUT2D eigenvalue weighted by Gasteiger charge is 2.19. The van der Waals surface area contributed by atoms with Gasteiger partial charge in [0.2, 0.25) is 0 Å². The first-order valence-electron chi connectivity index (χ1n) is 6.85. The second-order valence-electron chi connectivity index (χ2n) is 5.38. The number of carbonyl (C=O) groups is 1. The number of pyridine rings is 1. The Morgan fingerprint density at radius 1 is 1.45 bits per heavy atom. The predicted octanol–water partition coefficient (Wildman–Crippen LogP) is 2.73. The Morgan fingerprint density at radius 2 is 2.20 bits per heavy atom. The van der Waals surface area contributed by atoms with Crippen molar-refractivity contribution >= 4 is 11.8 Å². The molecule has 5 heteroatoms. The number of carbonyl (C=O) groups excluding carboxylic acids is 1. The van der Waals surface area contributed by atoms with Crippen LogP contribution in [0.4, 0.5) is 5.82 Å². The number of nitrogens with one attached hydrogen (secondary N) is 1. The van der Waals surface area contributed by atoms with E-state index in [9.17, 15) is 4.79 Å². The third kappa shape index (κ3) is 5.17. The van der Waals surface area contributed by atoms with Gasteiger partial charge in [-0.25, -0.2) is 9.78 Å². The molecule has 1 rings (SSSR count). The summed E-state index contributed by atoms with van der Waals surface area (Å²) in [4.78, 5) is 16.1. The van der Waals surface area contributed by atoms with E-state index in [-0.39, 0.29) is 11.4 Å². The second-order valence-corrected chi connectivity index (χ2v) is 5.38. The summed E-state index contributed by atoms with van der Waals surface area (Å²) in [5.41, 5.74) is 0.524. The lowest BCUT2D eigenvalue weighted by molar-refractivity contribution is 0.0527. The highest BCUT2D eigenvalue weighted by Crippen LogP contribution is 2.22. The molecule has 1 heterocycles. The maximum atomic E-state index is 11.8. The van der Waals surface area contributed by atoms with Crippen molar-refractivity contribution in [2.45, 2.75) is 27.2 Å². The van der Waals surface area contributed by atoms with Gasteiger partial charge in [-0.2, -0.15) is 0 Å². The van der Waals surface area contributed by atoms with Crippen LogP contribution in [0.25, 0.3) is 0 Å². The van der Waals surface area contributed by atoms with Gasteiger partial charge in [0.05, 0.1) is 6.61 Å². The summed E-state index contributed by atoms with van der Waals surface area (Å²) in [6, 6.07) is 3.45. The smallest absolute Gasteiger partial charge is 0.341 e. The SMILES string of the molecule is CCOC(=O)c1cccnc1NCC(C)(C)CCOC. The van der Waals surface area contributed by atoms with E-state index < -0.39 is 0 Å². The fraction of sp³-hybridized carbons (Fsp3) is 0.600. The molecule has 0 aliphatic rings. The molecule has 112 valence electrons. The van der Waals surface area contributed by atoms with Crippen LogP contribution in [0.15, 0.2) is 18.3 Å². The largest absolute Gasteiger partial charge is 0.462 e. The molecule has 0 bridgehead atoms. The molecule has 0 spiro atoms. The number of aromatic nitrogens is 1. The maximum absolute atomic E-state index is 11.8. The number of methoxy groups -OCH3 is 1. The van der Waals surface area contributed by atoms with Crippen molar-refractivity contribution in [1.82, 2.24) is 4.98 Å². The minimum Gasteiger partial charge on any atom is -0.462 e. The lowest BCUT2D eigenvalue weighted by Gasteiger charge is -2.25. The summed E-state index contributed by atoms with van der Waals surface area (Å²) in [6.07, 6.45) is 2.59. The van der Waals surface area contributed by atoms with Crippen LogP contribution >= 0.6 is 0 Å². The number of esters is 1. The van der Waals surface area contributed by atoms with Crippen molar-refractivity contribution in [2.75, 3.05) is 32.2 Å². The number of nitrogens with zero attached hydrogens (tertiary/aromatic N) is 1. The van der Waals surface area contributed by atoms with Gasteiger partial charge in [0.1, 0.15) is 11.4 Å². The molecular formula is C15H24N2O3. The lowest BCUT2D eigenvalue weighted by atomic mass is 9.89. The van der Waals surface area contributed by atoms with Gasteiger partial charge in [-0.1, -0.05) is 13.8 Å². The number of hydrogen-bond donors (Lipinski definition) is 1. The van der Waals surface area contributed by atoms with E-state index in [2.05, 4.69) is 24.1 Å². The fourth-order valence-electron chi connectivity index (χ4n) is 1.71. The average molecular weight is 280 g/mol. The zero-order valence-electron chi connectivity index (χ0n) is 12.7. The van der Waals surface area contributed by atoms with Crippen LogP contribution in [0.5, 0.6) is 0 Å². The molecule has 0 radical (unpaired) electrons. The highest BCUT2D eigenvalue weighted by molar-refractivity contribution is 5.94. The third-order valence-electron chi connectivity index (χ3n) is 3.02. The van der Waals surface area contributed by atoms with E-state index >= 15 is 0 Å². The molecule has 0 fully saturated rings. The number of rotatable bonds is 8. The van der Waals surface area contributed by atoms with Crippen LogP contribution in [0.1, 0.15) is 37.6 Å². The van der Waals surface area contributed by atoms with Crippen LogP contribution in [0.3, 0.4) is 0 Å². The molecule has 5 nitrogen and oxygen atoms in total. The summed E-state index contributed by atoms with van der Waals surface area (Å²) in [5, 5.41) is 3.23. The Kier molecular flexibility index (Phi) is 6.45. The van der Waals surface area contributed by atoms with E-state index in [0.717, 1.165) is 6.42 Å². The Bertz CT molecular complexity index is 433. The fourth-order valence-corrected chi connectivity index (χ4v) is 1.71. The first-order valence-corrected chi connectivity index (χ1v) is 6.85. The first kappa shape index (κ1) is 16.4. The van der Waals surface area contributed by atoms with E-state index in [1.807, 2.05) is 0 Å². The van der Waals surface area contributed by atoms with Crippen LogP contribution in [-0.2, 0) is 9.47 Å². The van der Waals surface area contributed by atoms with Crippen LogP contribution in [0, 0.1) is 5.41 Å². The molecule has 1 aromatic heterocycles. The van der Waals surface area contributed by atoms with Gasteiger partial charge in [-0.05, 0) is 30.9 Å². The van der Waals surface area contributed by atoms with E-state index in [1.165, 1.54) is 0 Å². The van der Waals surface area contributed by atoms with Crippen molar-refractivity contribution in [3.8, 4) is 0 Å². The molecule has 0 atom stereocenters. The van der Waals surface area contributed by atoms with E-state index in [0.29, 0.717) is 31.1 Å². The minimum absolute atomic E-state index is 0.0550. The molecule has 20 heavy (non-hydrogen) atoms. The Balaban J connectivity index is 2.70. The Hall–Kier alpha value is -1.62. The van der Waals surface area contributed by atoms with Crippen molar-refractivity contribution in [3.63, 3.8) is 0 Å². The Morgan fingerprint density at radius 3 is 2.85 bits per heavy atom. The van der Waals surface area contributed by atoms with E-state index in [4.69, 9.17) is 9.47 Å². The van der Waals surface area contributed by atoms with E-state index in [1.54, 1.807) is 32.4 Å². The van der Waals surface area contributed by atoms with Gasteiger partial charge in [0.15, 0.2) is 0 Å². The second kappa shape index (κ2) is 7.85. The standard InChI is InChI=1S/C15H24N2O3/c1-5-20-14(18)12-7-6-9-16-13(12)17-11-15(2,3)8-10-19-4/h6-7,9H,5,8,10-11H2,1-4H3,(H,16,17). The molecule has 0 saturated carbocycles. The van der Waals surface area contributed by atoms with Crippen molar-refractivity contribution in [2.24, 2.45) is 5.41 Å². The zero-order chi connectivity index (χ0) is 15.0. The molecular weight excluding hydrogens is 256 g/mol. The van der Waals surface area contributed by atoms with Gasteiger partial charge in [-0.15, -0.1) is 0 Å². The first-order chi connectivity index (χ1) is 9.50. The summed E-state index contributed by atoms with van der Waals surface area (Å²) >= 11 is 0. The zero-order valence-corrected chi connectivity index (χ0v) is 12.7.